The van der Waals surface area contributed by atoms with Gasteiger partial charge < -0.3 is 10.6 Å². The van der Waals surface area contributed by atoms with E-state index < -0.39 is 6.04 Å². The number of fused-ring (bicyclic) bond motifs is 1. The predicted octanol–water partition coefficient (Wildman–Crippen LogP) is 3.49. The molecule has 0 saturated heterocycles. The van der Waals surface area contributed by atoms with Crippen molar-refractivity contribution in [2.45, 2.75) is 57.5 Å². The Kier molecular flexibility index (Phi) is 5.30. The Hall–Kier alpha value is -2.14. The number of rotatable bonds is 6. The molecule has 0 aliphatic heterocycles. The van der Waals surface area contributed by atoms with Gasteiger partial charge in [-0.05, 0) is 55.2 Å². The van der Waals surface area contributed by atoms with Crippen molar-refractivity contribution in [2.24, 2.45) is 5.92 Å². The van der Waals surface area contributed by atoms with E-state index in [2.05, 4.69) is 17.6 Å². The van der Waals surface area contributed by atoms with E-state index in [9.17, 15) is 9.59 Å². The summed E-state index contributed by atoms with van der Waals surface area (Å²) in [5, 5.41) is 6.03. The van der Waals surface area contributed by atoms with Crippen molar-refractivity contribution in [3.05, 3.63) is 57.3 Å². The topological polar surface area (TPSA) is 58.2 Å². The van der Waals surface area contributed by atoms with Crippen molar-refractivity contribution in [1.29, 1.82) is 0 Å². The molecule has 0 radical (unpaired) electrons. The van der Waals surface area contributed by atoms with Crippen LogP contribution in [0.5, 0.6) is 0 Å². The molecule has 0 bridgehead atoms. The molecule has 5 heteroatoms. The normalized spacial score (nSPS) is 19.8. The second-order valence-corrected chi connectivity index (χ2v) is 9.04. The summed E-state index contributed by atoms with van der Waals surface area (Å²) >= 11 is 1.59. The van der Waals surface area contributed by atoms with Crippen molar-refractivity contribution < 1.29 is 9.59 Å². The summed E-state index contributed by atoms with van der Waals surface area (Å²) < 4.78 is 0. The smallest absolute Gasteiger partial charge is 0.262 e. The zero-order valence-corrected chi connectivity index (χ0v) is 16.5. The van der Waals surface area contributed by atoms with Gasteiger partial charge in [-0.25, -0.2) is 0 Å². The van der Waals surface area contributed by atoms with Crippen LogP contribution in [-0.2, 0) is 24.1 Å². The molecule has 1 aromatic carbocycles. The second kappa shape index (κ2) is 7.85. The van der Waals surface area contributed by atoms with Crippen molar-refractivity contribution in [3.63, 3.8) is 0 Å². The van der Waals surface area contributed by atoms with Gasteiger partial charge in [-0.15, -0.1) is 11.3 Å². The highest BCUT2D eigenvalue weighted by Gasteiger charge is 2.29. The van der Waals surface area contributed by atoms with Crippen LogP contribution in [0.3, 0.4) is 0 Å². The van der Waals surface area contributed by atoms with E-state index in [1.54, 1.807) is 11.3 Å². The van der Waals surface area contributed by atoms with Crippen LogP contribution >= 0.6 is 11.3 Å². The summed E-state index contributed by atoms with van der Waals surface area (Å²) in [7, 11) is 0. The first-order valence-electron chi connectivity index (χ1n) is 9.85. The first-order chi connectivity index (χ1) is 13.1. The third-order valence-electron chi connectivity index (χ3n) is 5.38. The molecule has 2 unspecified atom stereocenters. The van der Waals surface area contributed by atoms with Gasteiger partial charge in [0.05, 0.1) is 4.88 Å². The fourth-order valence-electron chi connectivity index (χ4n) is 3.64. The molecule has 4 nitrogen and oxygen atoms in total. The van der Waals surface area contributed by atoms with Gasteiger partial charge in [0.25, 0.3) is 5.91 Å². The standard InChI is InChI=1S/C22H26N2O2S/c1-14-7-10-19-16(11-14)13-20(27-19)22(26)24-18(21(25)23-17-8-9-17)12-15-5-3-2-4-6-15/h2-6,13-14,17-18H,7-12H2,1H3,(H,23,25)(H,24,26). The molecule has 0 spiro atoms. The third-order valence-corrected chi connectivity index (χ3v) is 6.62. The molecule has 1 heterocycles. The van der Waals surface area contributed by atoms with Crippen molar-refractivity contribution in [3.8, 4) is 0 Å². The van der Waals surface area contributed by atoms with E-state index in [0.717, 1.165) is 36.1 Å². The summed E-state index contributed by atoms with van der Waals surface area (Å²) in [5.41, 5.74) is 2.36. The van der Waals surface area contributed by atoms with Gasteiger partial charge >= 0.3 is 0 Å². The lowest BCUT2D eigenvalue weighted by atomic mass is 9.90. The SMILES string of the molecule is CC1CCc2sc(C(=O)NC(Cc3ccccc3)C(=O)NC3CC3)cc2C1. The van der Waals surface area contributed by atoms with Gasteiger partial charge in [0, 0.05) is 17.3 Å². The van der Waals surface area contributed by atoms with Gasteiger partial charge in [0.1, 0.15) is 6.04 Å². The number of benzene rings is 1. The van der Waals surface area contributed by atoms with Crippen LogP contribution in [-0.4, -0.2) is 23.9 Å². The van der Waals surface area contributed by atoms with Crippen LogP contribution in [0.1, 0.15) is 51.9 Å². The molecule has 1 aromatic heterocycles. The highest BCUT2D eigenvalue weighted by atomic mass is 32.1. The van der Waals surface area contributed by atoms with E-state index in [0.29, 0.717) is 12.3 Å². The molecule has 1 fully saturated rings. The van der Waals surface area contributed by atoms with Crippen LogP contribution < -0.4 is 10.6 Å². The Labute approximate surface area is 164 Å². The molecule has 2 N–H and O–H groups in total. The number of thiophene rings is 1. The van der Waals surface area contributed by atoms with Gasteiger partial charge in [0.2, 0.25) is 5.91 Å². The van der Waals surface area contributed by atoms with Crippen molar-refractivity contribution in [1.82, 2.24) is 10.6 Å². The molecule has 1 saturated carbocycles. The lowest BCUT2D eigenvalue weighted by Crippen LogP contribution is -2.48. The average Bonchev–Trinajstić information content (AvgIpc) is 3.37. The summed E-state index contributed by atoms with van der Waals surface area (Å²) in [6.45, 7) is 2.26. The minimum Gasteiger partial charge on any atom is -0.352 e. The summed E-state index contributed by atoms with van der Waals surface area (Å²) in [4.78, 5) is 27.6. The van der Waals surface area contributed by atoms with Crippen molar-refractivity contribution >= 4 is 23.2 Å². The van der Waals surface area contributed by atoms with E-state index >= 15 is 0 Å². The first kappa shape index (κ1) is 18.2. The van der Waals surface area contributed by atoms with Crippen LogP contribution in [0.25, 0.3) is 0 Å². The summed E-state index contributed by atoms with van der Waals surface area (Å²) in [6.07, 6.45) is 5.88. The van der Waals surface area contributed by atoms with Gasteiger partial charge in [-0.2, -0.15) is 0 Å². The highest BCUT2D eigenvalue weighted by molar-refractivity contribution is 7.14. The maximum atomic E-state index is 12.9. The van der Waals surface area contributed by atoms with Crippen LogP contribution in [0.2, 0.25) is 0 Å². The third kappa shape index (κ3) is 4.59. The summed E-state index contributed by atoms with van der Waals surface area (Å²) in [5.74, 6) is 0.469. The van der Waals surface area contributed by atoms with Crippen LogP contribution in [0.4, 0.5) is 0 Å². The maximum absolute atomic E-state index is 12.9. The number of aryl methyl sites for hydroxylation is 1. The largest absolute Gasteiger partial charge is 0.352 e. The average molecular weight is 383 g/mol. The molecule has 2 amide bonds. The van der Waals surface area contributed by atoms with Gasteiger partial charge in [0.15, 0.2) is 0 Å². The van der Waals surface area contributed by atoms with E-state index in [1.165, 1.54) is 16.9 Å². The zero-order chi connectivity index (χ0) is 18.8. The van der Waals surface area contributed by atoms with Crippen LogP contribution in [0.15, 0.2) is 36.4 Å². The molecule has 4 rings (SSSR count). The fourth-order valence-corrected chi connectivity index (χ4v) is 4.75. The molecule has 2 aromatic rings. The fraction of sp³-hybridized carbons (Fsp3) is 0.455. The number of nitrogens with one attached hydrogen (secondary N) is 2. The Morgan fingerprint density at radius 1 is 1.19 bits per heavy atom. The first-order valence-corrected chi connectivity index (χ1v) is 10.7. The van der Waals surface area contributed by atoms with E-state index in [-0.39, 0.29) is 17.9 Å². The maximum Gasteiger partial charge on any atom is 0.262 e. The number of amides is 2. The molecule has 27 heavy (non-hydrogen) atoms. The minimum atomic E-state index is -0.543. The van der Waals surface area contributed by atoms with Gasteiger partial charge in [-0.1, -0.05) is 37.3 Å². The zero-order valence-electron chi connectivity index (χ0n) is 15.7. The van der Waals surface area contributed by atoms with E-state index in [1.807, 2.05) is 36.4 Å². The lowest BCUT2D eigenvalue weighted by molar-refractivity contribution is -0.123. The Morgan fingerprint density at radius 3 is 2.70 bits per heavy atom. The highest BCUT2D eigenvalue weighted by Crippen LogP contribution is 2.32. The predicted molar refractivity (Wildman–Crippen MR) is 108 cm³/mol. The van der Waals surface area contributed by atoms with Gasteiger partial charge in [-0.3, -0.25) is 9.59 Å². The second-order valence-electron chi connectivity index (χ2n) is 7.91. The monoisotopic (exact) mass is 382 g/mol. The van der Waals surface area contributed by atoms with Crippen LogP contribution in [0, 0.1) is 5.92 Å². The number of hydrogen-bond acceptors (Lipinski definition) is 3. The molecular weight excluding hydrogens is 356 g/mol. The number of carbonyl (C=O) groups excluding carboxylic acids is 2. The quantitative estimate of drug-likeness (QED) is 0.803. The Morgan fingerprint density at radius 2 is 1.96 bits per heavy atom. The lowest BCUT2D eigenvalue weighted by Gasteiger charge is -2.18. The minimum absolute atomic E-state index is 0.0790. The molecule has 142 valence electrons. The molecule has 2 aliphatic rings. The number of hydrogen-bond donors (Lipinski definition) is 2. The number of carbonyl (C=O) groups is 2. The molecular formula is C22H26N2O2S. The molecule has 2 atom stereocenters. The van der Waals surface area contributed by atoms with E-state index in [4.69, 9.17) is 0 Å². The molecule has 2 aliphatic carbocycles. The summed E-state index contributed by atoms with van der Waals surface area (Å²) in [6, 6.07) is 11.6. The Balaban J connectivity index is 1.48. The Bertz CT molecular complexity index is 826. The van der Waals surface area contributed by atoms with Crippen molar-refractivity contribution in [2.75, 3.05) is 0 Å².